The highest BCUT2D eigenvalue weighted by Crippen LogP contribution is 2.29. The van der Waals surface area contributed by atoms with E-state index in [2.05, 4.69) is 17.1 Å². The number of aromatic nitrogens is 3. The van der Waals surface area contributed by atoms with Crippen LogP contribution < -0.4 is 0 Å². The smallest absolute Gasteiger partial charge is 0.158 e. The summed E-state index contributed by atoms with van der Waals surface area (Å²) in [5.41, 5.74) is 0. The Labute approximate surface area is 90.3 Å². The second-order valence-electron chi connectivity index (χ2n) is 4.68. The summed E-state index contributed by atoms with van der Waals surface area (Å²) in [4.78, 5) is 0. The molecule has 1 aliphatic rings. The summed E-state index contributed by atoms with van der Waals surface area (Å²) in [5, 5.41) is 16.8. The van der Waals surface area contributed by atoms with Crippen molar-refractivity contribution < 1.29 is 5.11 Å². The van der Waals surface area contributed by atoms with E-state index in [1.165, 1.54) is 25.7 Å². The Kier molecular flexibility index (Phi) is 3.36. The molecule has 0 amide bonds. The van der Waals surface area contributed by atoms with Crippen LogP contribution in [0.25, 0.3) is 0 Å². The van der Waals surface area contributed by atoms with Gasteiger partial charge in [0.05, 0.1) is 0 Å². The van der Waals surface area contributed by atoms with E-state index < -0.39 is 0 Å². The third kappa shape index (κ3) is 2.56. The Morgan fingerprint density at radius 2 is 2.13 bits per heavy atom. The lowest BCUT2D eigenvalue weighted by Crippen LogP contribution is -2.18. The van der Waals surface area contributed by atoms with Crippen LogP contribution in [0, 0.1) is 11.8 Å². The van der Waals surface area contributed by atoms with Crippen molar-refractivity contribution in [3.05, 3.63) is 12.2 Å². The van der Waals surface area contributed by atoms with Crippen LogP contribution in [0.15, 0.2) is 6.33 Å². The van der Waals surface area contributed by atoms with E-state index in [1.807, 2.05) is 4.57 Å². The lowest BCUT2D eigenvalue weighted by Gasteiger charge is -2.26. The molecule has 84 valence electrons. The molecule has 1 fully saturated rings. The number of aliphatic hydroxyl groups excluding tert-OH is 1. The number of rotatable bonds is 3. The van der Waals surface area contributed by atoms with Crippen molar-refractivity contribution in [1.29, 1.82) is 0 Å². The molecule has 4 heteroatoms. The average molecular weight is 209 g/mol. The fraction of sp³-hybridized carbons (Fsp3) is 0.818. The first-order chi connectivity index (χ1) is 7.29. The van der Waals surface area contributed by atoms with E-state index in [0.29, 0.717) is 5.82 Å². The summed E-state index contributed by atoms with van der Waals surface area (Å²) in [5.74, 6) is 2.32. The number of hydrogen-bond donors (Lipinski definition) is 1. The van der Waals surface area contributed by atoms with Crippen molar-refractivity contribution in [1.82, 2.24) is 14.8 Å². The molecule has 0 bridgehead atoms. The molecule has 0 saturated heterocycles. The Bertz CT molecular complexity index is 303. The molecule has 1 heterocycles. The molecule has 1 aromatic heterocycles. The Balaban J connectivity index is 1.91. The highest BCUT2D eigenvalue weighted by Gasteiger charge is 2.19. The van der Waals surface area contributed by atoms with Crippen molar-refractivity contribution in [3.63, 3.8) is 0 Å². The van der Waals surface area contributed by atoms with Gasteiger partial charge in [0.1, 0.15) is 12.9 Å². The van der Waals surface area contributed by atoms with Crippen LogP contribution in [0.5, 0.6) is 0 Å². The highest BCUT2D eigenvalue weighted by atomic mass is 16.3. The maximum Gasteiger partial charge on any atom is 0.158 e. The van der Waals surface area contributed by atoms with Gasteiger partial charge in [0.25, 0.3) is 0 Å². The van der Waals surface area contributed by atoms with E-state index in [1.54, 1.807) is 6.33 Å². The summed E-state index contributed by atoms with van der Waals surface area (Å²) < 4.78 is 1.99. The number of aliphatic hydroxyl groups is 1. The fourth-order valence-electron chi connectivity index (χ4n) is 2.34. The van der Waals surface area contributed by atoms with Crippen molar-refractivity contribution in [2.24, 2.45) is 11.8 Å². The zero-order chi connectivity index (χ0) is 10.7. The van der Waals surface area contributed by atoms with Crippen molar-refractivity contribution in [3.8, 4) is 0 Å². The molecule has 0 unspecified atom stereocenters. The average Bonchev–Trinajstić information content (AvgIpc) is 2.69. The molecule has 0 aliphatic heterocycles. The van der Waals surface area contributed by atoms with Gasteiger partial charge in [-0.3, -0.25) is 0 Å². The number of nitrogens with zero attached hydrogens (tertiary/aromatic N) is 3. The van der Waals surface area contributed by atoms with Gasteiger partial charge in [0.2, 0.25) is 0 Å². The lowest BCUT2D eigenvalue weighted by atomic mass is 9.83. The van der Waals surface area contributed by atoms with E-state index >= 15 is 0 Å². The number of hydrogen-bond acceptors (Lipinski definition) is 3. The van der Waals surface area contributed by atoms with Crippen molar-refractivity contribution in [2.45, 2.75) is 45.8 Å². The van der Waals surface area contributed by atoms with Gasteiger partial charge in [-0.15, -0.1) is 10.2 Å². The molecule has 0 spiro atoms. The largest absolute Gasteiger partial charge is 0.388 e. The van der Waals surface area contributed by atoms with Gasteiger partial charge in [-0.1, -0.05) is 19.8 Å². The van der Waals surface area contributed by atoms with Crippen LogP contribution in [0.3, 0.4) is 0 Å². The zero-order valence-corrected chi connectivity index (χ0v) is 9.26. The highest BCUT2D eigenvalue weighted by molar-refractivity contribution is 4.84. The first-order valence-corrected chi connectivity index (χ1v) is 5.77. The summed E-state index contributed by atoms with van der Waals surface area (Å²) in [6.07, 6.45) is 6.99. The quantitative estimate of drug-likeness (QED) is 0.822. The summed E-state index contributed by atoms with van der Waals surface area (Å²) in [6, 6.07) is 0. The van der Waals surface area contributed by atoms with Gasteiger partial charge in [-0.2, -0.15) is 0 Å². The molecule has 1 aliphatic carbocycles. The van der Waals surface area contributed by atoms with E-state index in [9.17, 15) is 0 Å². The summed E-state index contributed by atoms with van der Waals surface area (Å²) in [6.45, 7) is 3.28. The predicted octanol–water partition coefficient (Wildman–Crippen LogP) is 1.60. The minimum atomic E-state index is -0.0108. The van der Waals surface area contributed by atoms with Gasteiger partial charge < -0.3 is 9.67 Å². The van der Waals surface area contributed by atoms with E-state index in [-0.39, 0.29) is 6.61 Å². The molecule has 1 aromatic rings. The minimum absolute atomic E-state index is 0.0108. The van der Waals surface area contributed by atoms with Crippen molar-refractivity contribution >= 4 is 0 Å². The van der Waals surface area contributed by atoms with Crippen LogP contribution in [0.1, 0.15) is 38.4 Å². The summed E-state index contributed by atoms with van der Waals surface area (Å²) in [7, 11) is 0. The van der Waals surface area contributed by atoms with Crippen molar-refractivity contribution in [2.75, 3.05) is 0 Å². The topological polar surface area (TPSA) is 50.9 Å². The Morgan fingerprint density at radius 1 is 1.40 bits per heavy atom. The monoisotopic (exact) mass is 209 g/mol. The predicted molar refractivity (Wildman–Crippen MR) is 57.1 cm³/mol. The molecule has 0 aromatic carbocycles. The molecule has 0 radical (unpaired) electrons. The van der Waals surface area contributed by atoms with Crippen LogP contribution in [0.4, 0.5) is 0 Å². The van der Waals surface area contributed by atoms with Gasteiger partial charge in [0, 0.05) is 6.54 Å². The second-order valence-corrected chi connectivity index (χ2v) is 4.68. The van der Waals surface area contributed by atoms with Crippen LogP contribution in [-0.4, -0.2) is 19.9 Å². The third-order valence-electron chi connectivity index (χ3n) is 3.43. The fourth-order valence-corrected chi connectivity index (χ4v) is 2.34. The van der Waals surface area contributed by atoms with Gasteiger partial charge in [-0.05, 0) is 24.7 Å². The molecule has 0 atom stereocenters. The SMILES string of the molecule is CC1CCC(Cn2cnnc2CO)CC1. The second kappa shape index (κ2) is 4.75. The molecule has 1 saturated carbocycles. The zero-order valence-electron chi connectivity index (χ0n) is 9.26. The lowest BCUT2D eigenvalue weighted by molar-refractivity contribution is 0.240. The first-order valence-electron chi connectivity index (χ1n) is 5.77. The third-order valence-corrected chi connectivity index (χ3v) is 3.43. The normalized spacial score (nSPS) is 26.8. The van der Waals surface area contributed by atoms with Crippen LogP contribution in [-0.2, 0) is 13.2 Å². The maximum atomic E-state index is 9.06. The standard InChI is InChI=1S/C11H19N3O/c1-9-2-4-10(5-3-9)6-14-8-12-13-11(14)7-15/h8-10,15H,2-7H2,1H3. The minimum Gasteiger partial charge on any atom is -0.388 e. The van der Waals surface area contributed by atoms with E-state index in [0.717, 1.165) is 18.4 Å². The van der Waals surface area contributed by atoms with Crippen LogP contribution >= 0.6 is 0 Å². The van der Waals surface area contributed by atoms with E-state index in [4.69, 9.17) is 5.11 Å². The Hall–Kier alpha value is -0.900. The van der Waals surface area contributed by atoms with Crippen LogP contribution in [0.2, 0.25) is 0 Å². The molecular weight excluding hydrogens is 190 g/mol. The first kappa shape index (κ1) is 10.6. The maximum absolute atomic E-state index is 9.06. The Morgan fingerprint density at radius 3 is 2.80 bits per heavy atom. The van der Waals surface area contributed by atoms with Gasteiger partial charge in [-0.25, -0.2) is 0 Å². The molecule has 2 rings (SSSR count). The molecule has 1 N–H and O–H groups in total. The molecule has 4 nitrogen and oxygen atoms in total. The molecule has 15 heavy (non-hydrogen) atoms. The van der Waals surface area contributed by atoms with Gasteiger partial charge in [0.15, 0.2) is 5.82 Å². The summed E-state index contributed by atoms with van der Waals surface area (Å²) >= 11 is 0. The molecular formula is C11H19N3O. The van der Waals surface area contributed by atoms with Gasteiger partial charge >= 0.3 is 0 Å².